The third-order valence-corrected chi connectivity index (χ3v) is 11.7. The molecule has 10 heteroatoms. The Bertz CT molecular complexity index is 1300. The Morgan fingerprint density at radius 3 is 2.52 bits per heavy atom. The first kappa shape index (κ1) is 33.2. The summed E-state index contributed by atoms with van der Waals surface area (Å²) >= 11 is 0. The highest BCUT2D eigenvalue weighted by Crippen LogP contribution is 2.37. The molecule has 4 heterocycles. The molecule has 254 valence electrons. The summed E-state index contributed by atoms with van der Waals surface area (Å²) < 4.78 is 1.91. The van der Waals surface area contributed by atoms with Gasteiger partial charge in [-0.3, -0.25) is 14.4 Å². The second kappa shape index (κ2) is 15.0. The Labute approximate surface area is 276 Å². The fourth-order valence-electron chi connectivity index (χ4n) is 9.01. The lowest BCUT2D eigenvalue weighted by atomic mass is 9.77. The van der Waals surface area contributed by atoms with E-state index in [0.29, 0.717) is 12.0 Å². The van der Waals surface area contributed by atoms with Crippen LogP contribution in [-0.2, 0) is 24.8 Å². The van der Waals surface area contributed by atoms with Crippen LogP contribution in [0.5, 0.6) is 0 Å². The van der Waals surface area contributed by atoms with Gasteiger partial charge in [-0.2, -0.15) is 10.1 Å². The molecule has 6 rings (SSSR count). The Kier molecular flexibility index (Phi) is 10.8. The van der Waals surface area contributed by atoms with Gasteiger partial charge in [0.2, 0.25) is 5.95 Å². The maximum absolute atomic E-state index is 11.6. The standard InChI is InChI=1S/C36H58N8O2/c1-5-33(26-13-15-27(16-14-26)35(45)46)42(4)36-39-31-17-19-44(29-11-7-6-8-12-29)23-30(31)34(40-36)38-32(28-20-37-41(3)22-28)24-43-18-9-10-25(2)21-43/h20,22,25-27,29,32-33H,5-19,21,23-24H2,1-4H3,(H,45,46)(H,38,39,40)/t25-,26?,27?,32-,33+/m0/s1. The van der Waals surface area contributed by atoms with Crippen molar-refractivity contribution in [1.82, 2.24) is 29.5 Å². The third kappa shape index (κ3) is 7.70. The van der Waals surface area contributed by atoms with Gasteiger partial charge in [0.15, 0.2) is 0 Å². The molecule has 2 saturated carbocycles. The van der Waals surface area contributed by atoms with Crippen molar-refractivity contribution in [2.45, 2.75) is 122 Å². The van der Waals surface area contributed by atoms with E-state index < -0.39 is 5.97 Å². The first-order valence-corrected chi connectivity index (χ1v) is 18.4. The lowest BCUT2D eigenvalue weighted by Crippen LogP contribution is -2.43. The summed E-state index contributed by atoms with van der Waals surface area (Å²) in [5.74, 6) is 2.11. The molecule has 1 saturated heterocycles. The van der Waals surface area contributed by atoms with Crippen molar-refractivity contribution in [3.8, 4) is 0 Å². The van der Waals surface area contributed by atoms with Crippen molar-refractivity contribution in [2.75, 3.05) is 43.4 Å². The van der Waals surface area contributed by atoms with Crippen molar-refractivity contribution in [2.24, 2.45) is 24.8 Å². The molecule has 10 nitrogen and oxygen atoms in total. The Hall–Kier alpha value is -2.72. The van der Waals surface area contributed by atoms with Crippen LogP contribution in [-0.4, -0.2) is 85.9 Å². The van der Waals surface area contributed by atoms with E-state index in [1.54, 1.807) is 0 Å². The number of nitrogens with one attached hydrogen (secondary N) is 1. The van der Waals surface area contributed by atoms with Gasteiger partial charge in [0.25, 0.3) is 0 Å². The highest BCUT2D eigenvalue weighted by atomic mass is 16.4. The normalized spacial score (nSPS) is 26.3. The largest absolute Gasteiger partial charge is 0.481 e. The molecule has 2 aromatic rings. The number of aromatic nitrogens is 4. The van der Waals surface area contributed by atoms with E-state index in [9.17, 15) is 9.90 Å². The molecule has 2 aliphatic carbocycles. The van der Waals surface area contributed by atoms with Crippen LogP contribution in [0.1, 0.15) is 114 Å². The van der Waals surface area contributed by atoms with Crippen molar-refractivity contribution >= 4 is 17.7 Å². The Morgan fingerprint density at radius 1 is 1.07 bits per heavy atom. The minimum absolute atomic E-state index is 0.0782. The van der Waals surface area contributed by atoms with E-state index in [1.807, 2.05) is 17.9 Å². The van der Waals surface area contributed by atoms with Crippen molar-refractivity contribution in [3.63, 3.8) is 0 Å². The number of fused-ring (bicyclic) bond motifs is 1. The predicted octanol–water partition coefficient (Wildman–Crippen LogP) is 5.89. The fraction of sp³-hybridized carbons (Fsp3) is 0.778. The van der Waals surface area contributed by atoms with Crippen LogP contribution in [0, 0.1) is 17.8 Å². The zero-order chi connectivity index (χ0) is 32.2. The molecule has 0 aromatic carbocycles. The fourth-order valence-corrected chi connectivity index (χ4v) is 9.01. The van der Waals surface area contributed by atoms with Crippen LogP contribution in [0.15, 0.2) is 12.4 Å². The van der Waals surface area contributed by atoms with Crippen LogP contribution in [0.3, 0.4) is 0 Å². The van der Waals surface area contributed by atoms with Crippen molar-refractivity contribution in [3.05, 3.63) is 29.2 Å². The molecule has 0 radical (unpaired) electrons. The molecule has 0 bridgehead atoms. The number of hydrogen-bond acceptors (Lipinski definition) is 8. The zero-order valence-corrected chi connectivity index (χ0v) is 28.8. The molecule has 3 atom stereocenters. The van der Waals surface area contributed by atoms with Crippen LogP contribution in [0.4, 0.5) is 11.8 Å². The van der Waals surface area contributed by atoms with Gasteiger partial charge < -0.3 is 20.2 Å². The predicted molar refractivity (Wildman–Crippen MR) is 183 cm³/mol. The molecule has 3 fully saturated rings. The van der Waals surface area contributed by atoms with E-state index in [4.69, 9.17) is 9.97 Å². The minimum atomic E-state index is -0.641. The smallest absolute Gasteiger partial charge is 0.306 e. The van der Waals surface area contributed by atoms with Gasteiger partial charge >= 0.3 is 5.97 Å². The quantitative estimate of drug-likeness (QED) is 0.313. The van der Waals surface area contributed by atoms with E-state index >= 15 is 0 Å². The minimum Gasteiger partial charge on any atom is -0.481 e. The molecule has 46 heavy (non-hydrogen) atoms. The Morgan fingerprint density at radius 2 is 1.85 bits per heavy atom. The number of anilines is 2. The number of hydrogen-bond donors (Lipinski definition) is 2. The number of nitrogens with zero attached hydrogens (tertiary/aromatic N) is 7. The summed E-state index contributed by atoms with van der Waals surface area (Å²) in [6.07, 6.45) is 18.7. The third-order valence-electron chi connectivity index (χ3n) is 11.7. The van der Waals surface area contributed by atoms with Crippen LogP contribution in [0.25, 0.3) is 0 Å². The summed E-state index contributed by atoms with van der Waals surface area (Å²) in [4.78, 5) is 30.0. The molecule has 4 aliphatic rings. The second-order valence-electron chi connectivity index (χ2n) is 15.0. The summed E-state index contributed by atoms with van der Waals surface area (Å²) in [6.45, 7) is 9.79. The van der Waals surface area contributed by atoms with E-state index in [-0.39, 0.29) is 18.0 Å². The lowest BCUT2D eigenvalue weighted by Gasteiger charge is -2.40. The van der Waals surface area contributed by atoms with E-state index in [1.165, 1.54) is 61.8 Å². The van der Waals surface area contributed by atoms with Crippen LogP contribution >= 0.6 is 0 Å². The van der Waals surface area contributed by atoms with Crippen molar-refractivity contribution < 1.29 is 9.90 Å². The van der Waals surface area contributed by atoms with Gasteiger partial charge in [0, 0.05) is 76.1 Å². The highest BCUT2D eigenvalue weighted by Gasteiger charge is 2.35. The topological polar surface area (TPSA) is 103 Å². The Balaban J connectivity index is 1.31. The maximum Gasteiger partial charge on any atom is 0.306 e. The van der Waals surface area contributed by atoms with Gasteiger partial charge in [0.05, 0.1) is 23.9 Å². The number of carbonyl (C=O) groups is 1. The average molecular weight is 635 g/mol. The monoisotopic (exact) mass is 634 g/mol. The van der Waals surface area contributed by atoms with Crippen LogP contribution in [0.2, 0.25) is 0 Å². The number of aliphatic carboxylic acids is 1. The molecule has 0 unspecified atom stereocenters. The molecule has 2 N–H and O–H groups in total. The first-order valence-electron chi connectivity index (χ1n) is 18.4. The van der Waals surface area contributed by atoms with Crippen molar-refractivity contribution in [1.29, 1.82) is 0 Å². The maximum atomic E-state index is 11.6. The number of aryl methyl sites for hydroxylation is 1. The van der Waals surface area contributed by atoms with Gasteiger partial charge in [0.1, 0.15) is 5.82 Å². The second-order valence-corrected chi connectivity index (χ2v) is 15.0. The zero-order valence-electron chi connectivity index (χ0n) is 28.8. The summed E-state index contributed by atoms with van der Waals surface area (Å²) in [5, 5.41) is 18.2. The lowest BCUT2D eigenvalue weighted by molar-refractivity contribution is -0.143. The molecule has 2 aromatic heterocycles. The summed E-state index contributed by atoms with van der Waals surface area (Å²) in [5.41, 5.74) is 3.65. The van der Waals surface area contributed by atoms with Crippen LogP contribution < -0.4 is 10.2 Å². The first-order chi connectivity index (χ1) is 22.3. The van der Waals surface area contributed by atoms with Gasteiger partial charge in [-0.1, -0.05) is 33.1 Å². The highest BCUT2D eigenvalue weighted by molar-refractivity contribution is 5.70. The summed E-state index contributed by atoms with van der Waals surface area (Å²) in [7, 11) is 4.16. The van der Waals surface area contributed by atoms with Gasteiger partial charge in [-0.05, 0) is 76.2 Å². The van der Waals surface area contributed by atoms with Gasteiger partial charge in [-0.25, -0.2) is 4.98 Å². The molecule has 0 amide bonds. The number of piperidine rings is 1. The van der Waals surface area contributed by atoms with E-state index in [2.05, 4.69) is 52.2 Å². The average Bonchev–Trinajstić information content (AvgIpc) is 3.51. The number of carboxylic acids is 1. The molecular weight excluding hydrogens is 576 g/mol. The van der Waals surface area contributed by atoms with E-state index in [0.717, 1.165) is 88.9 Å². The SMILES string of the molecule is CC[C@H](C1CCC(C(=O)O)CC1)N(C)c1nc2c(c(N[C@@H](CN3CCC[C@H](C)C3)c3cnn(C)c3)n1)CN(C1CCCCC1)CC2. The number of rotatable bonds is 11. The number of carboxylic acid groups (broad SMARTS) is 1. The molecule has 2 aliphatic heterocycles. The molecule has 0 spiro atoms. The van der Waals surface area contributed by atoms with Gasteiger partial charge in [-0.15, -0.1) is 0 Å². The molecular formula is C36H58N8O2. The number of likely N-dealkylation sites (tertiary alicyclic amines) is 1. The summed E-state index contributed by atoms with van der Waals surface area (Å²) in [6, 6.07) is 1.02.